The van der Waals surface area contributed by atoms with Crippen LogP contribution in [0.15, 0.2) is 24.3 Å². The highest BCUT2D eigenvalue weighted by Crippen LogP contribution is 2.30. The molecule has 0 amide bonds. The van der Waals surface area contributed by atoms with E-state index >= 15 is 0 Å². The highest BCUT2D eigenvalue weighted by molar-refractivity contribution is 6.32. The van der Waals surface area contributed by atoms with Crippen molar-refractivity contribution in [2.24, 2.45) is 0 Å². The lowest BCUT2D eigenvalue weighted by atomic mass is 10.0. The van der Waals surface area contributed by atoms with Crippen molar-refractivity contribution in [2.75, 3.05) is 13.7 Å². The molecule has 0 saturated heterocycles. The van der Waals surface area contributed by atoms with Gasteiger partial charge in [-0.05, 0) is 44.2 Å². The number of methoxy groups -OCH3 is 1. The third-order valence-corrected chi connectivity index (χ3v) is 3.76. The Morgan fingerprint density at radius 3 is 2.71 bits per heavy atom. The van der Waals surface area contributed by atoms with Crippen molar-refractivity contribution >= 4 is 11.6 Å². The minimum absolute atomic E-state index is 0.0716. The molecule has 114 valence electrons. The first-order chi connectivity index (χ1) is 10.1. The molecule has 0 bridgehead atoms. The van der Waals surface area contributed by atoms with Crippen LogP contribution < -0.4 is 10.1 Å². The molecule has 1 unspecified atom stereocenters. The zero-order valence-corrected chi connectivity index (χ0v) is 13.7. The van der Waals surface area contributed by atoms with Crippen LogP contribution in [0.2, 0.25) is 5.02 Å². The maximum Gasteiger partial charge on any atom is 0.137 e. The van der Waals surface area contributed by atoms with Crippen LogP contribution in [0.5, 0.6) is 5.75 Å². The highest BCUT2D eigenvalue weighted by Gasteiger charge is 2.19. The van der Waals surface area contributed by atoms with E-state index in [1.165, 1.54) is 0 Å². The summed E-state index contributed by atoms with van der Waals surface area (Å²) in [6.45, 7) is 7.92. The van der Waals surface area contributed by atoms with Crippen LogP contribution in [-0.2, 0) is 6.54 Å². The third kappa shape index (κ3) is 3.39. The van der Waals surface area contributed by atoms with Crippen LogP contribution in [-0.4, -0.2) is 23.4 Å². The number of aromatic nitrogens is 2. The van der Waals surface area contributed by atoms with E-state index in [2.05, 4.69) is 30.3 Å². The van der Waals surface area contributed by atoms with Crippen LogP contribution in [0.1, 0.15) is 36.8 Å². The summed E-state index contributed by atoms with van der Waals surface area (Å²) < 4.78 is 7.36. The summed E-state index contributed by atoms with van der Waals surface area (Å²) >= 11 is 6.12. The van der Waals surface area contributed by atoms with Crippen LogP contribution in [0.25, 0.3) is 0 Å². The summed E-state index contributed by atoms with van der Waals surface area (Å²) in [5, 5.41) is 8.67. The molecule has 0 aliphatic carbocycles. The van der Waals surface area contributed by atoms with Crippen LogP contribution in [0, 0.1) is 6.92 Å². The van der Waals surface area contributed by atoms with E-state index in [9.17, 15) is 0 Å². The molecule has 1 atom stereocenters. The topological polar surface area (TPSA) is 39.1 Å². The van der Waals surface area contributed by atoms with Gasteiger partial charge < -0.3 is 10.1 Å². The predicted molar refractivity (Wildman–Crippen MR) is 86.2 cm³/mol. The minimum atomic E-state index is 0.0716. The Bertz CT molecular complexity index is 610. The lowest BCUT2D eigenvalue weighted by Crippen LogP contribution is -2.24. The van der Waals surface area contributed by atoms with Gasteiger partial charge in [0.05, 0.1) is 29.6 Å². The second-order valence-electron chi connectivity index (χ2n) is 4.91. The molecule has 5 heteroatoms. The van der Waals surface area contributed by atoms with Crippen molar-refractivity contribution in [3.63, 3.8) is 0 Å². The summed E-state index contributed by atoms with van der Waals surface area (Å²) in [6, 6.07) is 8.08. The Labute approximate surface area is 131 Å². The number of aryl methyl sites for hydroxylation is 2. The Morgan fingerprint density at radius 1 is 1.33 bits per heavy atom. The number of halogens is 1. The Hall–Kier alpha value is -1.52. The number of nitrogens with zero attached hydrogens (tertiary/aromatic N) is 2. The molecular weight excluding hydrogens is 286 g/mol. The fraction of sp³-hybridized carbons (Fsp3) is 0.438. The predicted octanol–water partition coefficient (Wildman–Crippen LogP) is 3.57. The zero-order chi connectivity index (χ0) is 15.4. The van der Waals surface area contributed by atoms with Crippen LogP contribution in [0.4, 0.5) is 0 Å². The largest absolute Gasteiger partial charge is 0.495 e. The standard InChI is InChI=1S/C16H22ClN3O/c1-5-18-16(14-9-11(3)19-20(14)6-2)12-7-8-13(17)15(10-12)21-4/h7-10,16,18H,5-6H2,1-4H3. The van der Waals surface area contributed by atoms with Gasteiger partial charge in [-0.1, -0.05) is 24.6 Å². The molecule has 21 heavy (non-hydrogen) atoms. The smallest absolute Gasteiger partial charge is 0.137 e. The van der Waals surface area contributed by atoms with Gasteiger partial charge in [0, 0.05) is 6.54 Å². The summed E-state index contributed by atoms with van der Waals surface area (Å²) in [7, 11) is 1.63. The monoisotopic (exact) mass is 307 g/mol. The fourth-order valence-corrected chi connectivity index (χ4v) is 2.70. The van der Waals surface area contributed by atoms with E-state index < -0.39 is 0 Å². The van der Waals surface area contributed by atoms with E-state index in [1.807, 2.05) is 29.8 Å². The average Bonchev–Trinajstić information content (AvgIpc) is 2.86. The highest BCUT2D eigenvalue weighted by atomic mass is 35.5. The van der Waals surface area contributed by atoms with Crippen LogP contribution in [0.3, 0.4) is 0 Å². The van der Waals surface area contributed by atoms with Gasteiger partial charge in [0.25, 0.3) is 0 Å². The number of nitrogens with one attached hydrogen (secondary N) is 1. The second kappa shape index (κ2) is 6.96. The Kier molecular flexibility index (Phi) is 5.26. The first-order valence-corrected chi connectivity index (χ1v) is 7.59. The molecule has 0 fully saturated rings. The molecule has 0 aliphatic rings. The van der Waals surface area contributed by atoms with Gasteiger partial charge in [-0.15, -0.1) is 0 Å². The molecule has 4 nitrogen and oxygen atoms in total. The number of hydrogen-bond donors (Lipinski definition) is 1. The molecule has 0 radical (unpaired) electrons. The summed E-state index contributed by atoms with van der Waals surface area (Å²) in [5.74, 6) is 0.691. The number of hydrogen-bond acceptors (Lipinski definition) is 3. The van der Waals surface area contributed by atoms with Crippen molar-refractivity contribution in [1.82, 2.24) is 15.1 Å². The van der Waals surface area contributed by atoms with Gasteiger partial charge in [-0.2, -0.15) is 5.10 Å². The first kappa shape index (κ1) is 15.9. The molecule has 1 aromatic heterocycles. The molecule has 1 N–H and O–H groups in total. The van der Waals surface area contributed by atoms with Crippen molar-refractivity contribution in [3.05, 3.63) is 46.2 Å². The quantitative estimate of drug-likeness (QED) is 0.886. The lowest BCUT2D eigenvalue weighted by Gasteiger charge is -2.20. The molecule has 0 saturated carbocycles. The van der Waals surface area contributed by atoms with E-state index in [0.29, 0.717) is 10.8 Å². The first-order valence-electron chi connectivity index (χ1n) is 7.21. The summed E-state index contributed by atoms with van der Waals surface area (Å²) in [5.41, 5.74) is 3.30. The molecule has 1 heterocycles. The molecule has 0 aliphatic heterocycles. The van der Waals surface area contributed by atoms with E-state index in [0.717, 1.165) is 30.0 Å². The van der Waals surface area contributed by atoms with Crippen molar-refractivity contribution in [2.45, 2.75) is 33.4 Å². The SMILES string of the molecule is CCNC(c1ccc(Cl)c(OC)c1)c1cc(C)nn1CC. The van der Waals surface area contributed by atoms with Crippen molar-refractivity contribution < 1.29 is 4.74 Å². The van der Waals surface area contributed by atoms with Gasteiger partial charge in [0.15, 0.2) is 0 Å². The normalized spacial score (nSPS) is 12.4. The van der Waals surface area contributed by atoms with Crippen molar-refractivity contribution in [3.8, 4) is 5.75 Å². The molecule has 2 rings (SSSR count). The van der Waals surface area contributed by atoms with Crippen LogP contribution >= 0.6 is 11.6 Å². The van der Waals surface area contributed by atoms with Gasteiger partial charge in [0.2, 0.25) is 0 Å². The third-order valence-electron chi connectivity index (χ3n) is 3.45. The average molecular weight is 308 g/mol. The second-order valence-corrected chi connectivity index (χ2v) is 5.32. The number of rotatable bonds is 6. The van der Waals surface area contributed by atoms with Gasteiger partial charge in [-0.3, -0.25) is 4.68 Å². The van der Waals surface area contributed by atoms with E-state index in [1.54, 1.807) is 7.11 Å². The van der Waals surface area contributed by atoms with E-state index in [-0.39, 0.29) is 6.04 Å². The molecule has 0 spiro atoms. The molecule has 2 aromatic rings. The summed E-state index contributed by atoms with van der Waals surface area (Å²) in [4.78, 5) is 0. The maximum absolute atomic E-state index is 6.12. The Balaban J connectivity index is 2.47. The number of ether oxygens (including phenoxy) is 1. The van der Waals surface area contributed by atoms with Crippen molar-refractivity contribution in [1.29, 1.82) is 0 Å². The number of benzene rings is 1. The minimum Gasteiger partial charge on any atom is -0.495 e. The maximum atomic E-state index is 6.12. The van der Waals surface area contributed by atoms with Gasteiger partial charge in [0.1, 0.15) is 5.75 Å². The Morgan fingerprint density at radius 2 is 2.10 bits per heavy atom. The lowest BCUT2D eigenvalue weighted by molar-refractivity contribution is 0.413. The van der Waals surface area contributed by atoms with Gasteiger partial charge in [-0.25, -0.2) is 0 Å². The zero-order valence-electron chi connectivity index (χ0n) is 13.0. The van der Waals surface area contributed by atoms with E-state index in [4.69, 9.17) is 16.3 Å². The van der Waals surface area contributed by atoms with Gasteiger partial charge >= 0.3 is 0 Å². The fourth-order valence-electron chi connectivity index (χ4n) is 2.50. The molecular formula is C16H22ClN3O. The molecule has 1 aromatic carbocycles. The summed E-state index contributed by atoms with van der Waals surface area (Å²) in [6.07, 6.45) is 0.